The first-order chi connectivity index (χ1) is 8.31. The lowest BCUT2D eigenvalue weighted by Crippen LogP contribution is -1.94. The van der Waals surface area contributed by atoms with Crippen LogP contribution in [-0.4, -0.2) is 13.3 Å². The molecule has 0 spiro atoms. The van der Waals surface area contributed by atoms with Crippen molar-refractivity contribution in [1.29, 1.82) is 0 Å². The van der Waals surface area contributed by atoms with Crippen molar-refractivity contribution >= 4 is 23.5 Å². The van der Waals surface area contributed by atoms with Gasteiger partial charge >= 0.3 is 0 Å². The van der Waals surface area contributed by atoms with Crippen LogP contribution in [0.15, 0.2) is 57.7 Å². The fourth-order valence-corrected chi connectivity index (χ4v) is 2.08. The van der Waals surface area contributed by atoms with Crippen LogP contribution >= 0.6 is 11.6 Å². The van der Waals surface area contributed by atoms with Gasteiger partial charge in [0, 0.05) is 24.5 Å². The van der Waals surface area contributed by atoms with E-state index in [1.54, 1.807) is 0 Å². The molecule has 88 valence electrons. The van der Waals surface area contributed by atoms with Gasteiger partial charge in [-0.15, -0.1) is 0 Å². The van der Waals surface area contributed by atoms with E-state index in [4.69, 9.17) is 11.6 Å². The Labute approximate surface area is 107 Å². The number of rotatable bonds is 3. The fraction of sp³-hybridized carbons (Fsp3) is 0.214. The quantitative estimate of drug-likeness (QED) is 0.807. The van der Waals surface area contributed by atoms with Gasteiger partial charge in [-0.05, 0) is 36.1 Å². The molecular weight excluding hydrogens is 232 g/mol. The van der Waals surface area contributed by atoms with Crippen molar-refractivity contribution in [2.45, 2.75) is 12.8 Å². The molecule has 1 aromatic rings. The second kappa shape index (κ2) is 5.69. The molecule has 2 nitrogen and oxygen atoms in total. The van der Waals surface area contributed by atoms with E-state index in [2.05, 4.69) is 10.3 Å². The van der Waals surface area contributed by atoms with Crippen LogP contribution in [0.2, 0.25) is 0 Å². The van der Waals surface area contributed by atoms with Gasteiger partial charge in [-0.3, -0.25) is 4.99 Å². The molecule has 0 saturated heterocycles. The largest absolute Gasteiger partial charge is 0.394 e. The third-order valence-electron chi connectivity index (χ3n) is 2.67. The number of hydrogen-bond donors (Lipinski definition) is 1. The first kappa shape index (κ1) is 11.9. The summed E-state index contributed by atoms with van der Waals surface area (Å²) in [6.45, 7) is 0. The number of nitrogens with one attached hydrogen (secondary N) is 1. The lowest BCUT2D eigenvalue weighted by molar-refractivity contribution is 1.00. The number of hydrogen-bond acceptors (Lipinski definition) is 2. The van der Waals surface area contributed by atoms with Crippen molar-refractivity contribution in [3.63, 3.8) is 0 Å². The SMILES string of the molecule is CN/C=C1\CCC(/C=N/c2ccccc2)=C1Cl. The average Bonchev–Trinajstić information content (AvgIpc) is 2.70. The van der Waals surface area contributed by atoms with Gasteiger partial charge in [-0.1, -0.05) is 29.8 Å². The molecule has 1 aliphatic rings. The Morgan fingerprint density at radius 1 is 1.24 bits per heavy atom. The van der Waals surface area contributed by atoms with Crippen LogP contribution in [0.25, 0.3) is 0 Å². The lowest BCUT2D eigenvalue weighted by Gasteiger charge is -1.96. The Hall–Kier alpha value is -1.54. The van der Waals surface area contributed by atoms with Gasteiger partial charge in [0.25, 0.3) is 0 Å². The highest BCUT2D eigenvalue weighted by Crippen LogP contribution is 2.33. The molecule has 1 aliphatic carbocycles. The molecule has 17 heavy (non-hydrogen) atoms. The third kappa shape index (κ3) is 2.98. The standard InChI is InChI=1S/C14H15ClN2/c1-16-9-11-7-8-12(14(11)15)10-17-13-5-3-2-4-6-13/h2-6,9-10,16H,7-8H2,1H3/b11-9+,17-10+. The minimum atomic E-state index is 0.832. The van der Waals surface area contributed by atoms with E-state index in [0.717, 1.165) is 34.7 Å². The molecular formula is C14H15ClN2. The predicted molar refractivity (Wildman–Crippen MR) is 73.8 cm³/mol. The van der Waals surface area contributed by atoms with Crippen LogP contribution in [0.3, 0.4) is 0 Å². The van der Waals surface area contributed by atoms with Crippen molar-refractivity contribution in [1.82, 2.24) is 5.32 Å². The molecule has 0 aromatic heterocycles. The van der Waals surface area contributed by atoms with Crippen molar-refractivity contribution in [3.8, 4) is 0 Å². The van der Waals surface area contributed by atoms with Crippen molar-refractivity contribution in [3.05, 3.63) is 52.7 Å². The summed E-state index contributed by atoms with van der Waals surface area (Å²) in [5.74, 6) is 0. The number of aliphatic imine (C=N–C) groups is 1. The molecule has 0 heterocycles. The molecule has 0 unspecified atom stereocenters. The molecule has 3 heteroatoms. The molecule has 0 fully saturated rings. The van der Waals surface area contributed by atoms with Crippen LogP contribution in [0.1, 0.15) is 12.8 Å². The summed E-state index contributed by atoms with van der Waals surface area (Å²) in [4.78, 5) is 4.42. The second-order valence-corrected chi connectivity index (χ2v) is 4.27. The van der Waals surface area contributed by atoms with Gasteiger partial charge in [0.05, 0.1) is 5.69 Å². The van der Waals surface area contributed by atoms with E-state index >= 15 is 0 Å². The van der Waals surface area contributed by atoms with Crippen molar-refractivity contribution in [2.75, 3.05) is 7.05 Å². The summed E-state index contributed by atoms with van der Waals surface area (Å²) < 4.78 is 0. The minimum Gasteiger partial charge on any atom is -0.394 e. The Kier molecular flexibility index (Phi) is 3.99. The number of benzene rings is 1. The zero-order chi connectivity index (χ0) is 12.1. The van der Waals surface area contributed by atoms with Gasteiger partial charge < -0.3 is 5.32 Å². The average molecular weight is 247 g/mol. The zero-order valence-electron chi connectivity index (χ0n) is 9.78. The number of halogens is 1. The predicted octanol–water partition coefficient (Wildman–Crippen LogP) is 3.78. The number of nitrogens with zero attached hydrogens (tertiary/aromatic N) is 1. The van der Waals surface area contributed by atoms with Gasteiger partial charge in [-0.25, -0.2) is 0 Å². The maximum atomic E-state index is 6.27. The van der Waals surface area contributed by atoms with Gasteiger partial charge in [0.15, 0.2) is 0 Å². The molecule has 0 radical (unpaired) electrons. The first-order valence-corrected chi connectivity index (χ1v) is 6.03. The van der Waals surface area contributed by atoms with Crippen LogP contribution in [0, 0.1) is 0 Å². The smallest absolute Gasteiger partial charge is 0.0629 e. The van der Waals surface area contributed by atoms with E-state index in [-0.39, 0.29) is 0 Å². The monoisotopic (exact) mass is 246 g/mol. The molecule has 0 amide bonds. The summed E-state index contributed by atoms with van der Waals surface area (Å²) in [5, 5.41) is 3.84. The summed E-state index contributed by atoms with van der Waals surface area (Å²) in [5.41, 5.74) is 3.22. The van der Waals surface area contributed by atoms with E-state index < -0.39 is 0 Å². The number of allylic oxidation sites excluding steroid dienone is 3. The fourth-order valence-electron chi connectivity index (χ4n) is 1.79. The molecule has 1 aromatic carbocycles. The summed E-state index contributed by atoms with van der Waals surface area (Å²) in [7, 11) is 1.88. The Morgan fingerprint density at radius 2 is 2.00 bits per heavy atom. The molecule has 0 bridgehead atoms. The third-order valence-corrected chi connectivity index (χ3v) is 3.16. The molecule has 0 atom stereocenters. The van der Waals surface area contributed by atoms with Crippen molar-refractivity contribution in [2.24, 2.45) is 4.99 Å². The van der Waals surface area contributed by atoms with Crippen LogP contribution < -0.4 is 5.32 Å². The maximum absolute atomic E-state index is 6.27. The molecule has 0 aliphatic heterocycles. The normalized spacial score (nSPS) is 18.4. The van der Waals surface area contributed by atoms with Crippen LogP contribution in [-0.2, 0) is 0 Å². The van der Waals surface area contributed by atoms with Crippen LogP contribution in [0.5, 0.6) is 0 Å². The Morgan fingerprint density at radius 3 is 2.71 bits per heavy atom. The van der Waals surface area contributed by atoms with Crippen LogP contribution in [0.4, 0.5) is 5.69 Å². The minimum absolute atomic E-state index is 0.832. The highest BCUT2D eigenvalue weighted by atomic mass is 35.5. The van der Waals surface area contributed by atoms with Gasteiger partial charge in [-0.2, -0.15) is 0 Å². The Bertz CT molecular complexity index is 472. The van der Waals surface area contributed by atoms with Crippen molar-refractivity contribution < 1.29 is 0 Å². The van der Waals surface area contributed by atoms with Gasteiger partial charge in [0.1, 0.15) is 0 Å². The maximum Gasteiger partial charge on any atom is 0.0629 e. The summed E-state index contributed by atoms with van der Waals surface area (Å²) in [6.07, 6.45) is 5.76. The van der Waals surface area contributed by atoms with E-state index in [0.29, 0.717) is 0 Å². The van der Waals surface area contributed by atoms with E-state index in [1.165, 1.54) is 0 Å². The lowest BCUT2D eigenvalue weighted by atomic mass is 10.2. The molecule has 0 saturated carbocycles. The first-order valence-electron chi connectivity index (χ1n) is 5.65. The molecule has 1 N–H and O–H groups in total. The Balaban J connectivity index is 2.15. The highest BCUT2D eigenvalue weighted by molar-refractivity contribution is 6.34. The van der Waals surface area contributed by atoms with E-state index in [9.17, 15) is 0 Å². The molecule has 2 rings (SSSR count). The topological polar surface area (TPSA) is 24.4 Å². The second-order valence-electron chi connectivity index (χ2n) is 3.89. The van der Waals surface area contributed by atoms with Gasteiger partial charge in [0.2, 0.25) is 0 Å². The summed E-state index contributed by atoms with van der Waals surface area (Å²) in [6, 6.07) is 9.89. The highest BCUT2D eigenvalue weighted by Gasteiger charge is 2.16. The zero-order valence-corrected chi connectivity index (χ0v) is 10.5. The summed E-state index contributed by atoms with van der Waals surface area (Å²) >= 11 is 6.27. The number of para-hydroxylation sites is 1. The van der Waals surface area contributed by atoms with E-state index in [1.807, 2.05) is 49.8 Å².